The molecule has 0 radical (unpaired) electrons. The predicted octanol–water partition coefficient (Wildman–Crippen LogP) is 3.10. The van der Waals surface area contributed by atoms with Crippen molar-refractivity contribution in [2.45, 2.75) is 53.5 Å². The van der Waals surface area contributed by atoms with Crippen LogP contribution >= 0.6 is 0 Å². The Kier molecular flexibility index (Phi) is 5.89. The number of hydrogen-bond acceptors (Lipinski definition) is 4. The molecular formula is C14H26N4. The zero-order valence-electron chi connectivity index (χ0n) is 12.3. The van der Waals surface area contributed by atoms with Crippen molar-refractivity contribution in [1.29, 1.82) is 0 Å². The molecule has 0 aliphatic heterocycles. The zero-order chi connectivity index (χ0) is 13.5. The number of rotatable bonds is 7. The van der Waals surface area contributed by atoms with Gasteiger partial charge in [-0.05, 0) is 27.2 Å². The van der Waals surface area contributed by atoms with Gasteiger partial charge in [-0.1, -0.05) is 13.8 Å². The van der Waals surface area contributed by atoms with Gasteiger partial charge in [0.05, 0.1) is 0 Å². The van der Waals surface area contributed by atoms with Gasteiger partial charge in [0.15, 0.2) is 0 Å². The number of nitrogens with one attached hydrogen (secondary N) is 1. The van der Waals surface area contributed by atoms with E-state index in [1.54, 1.807) is 0 Å². The molecule has 0 bridgehead atoms. The lowest BCUT2D eigenvalue weighted by atomic mass is 10.2. The minimum atomic E-state index is 0.457. The van der Waals surface area contributed by atoms with Crippen LogP contribution in [0.4, 0.5) is 11.6 Å². The third-order valence-electron chi connectivity index (χ3n) is 2.82. The van der Waals surface area contributed by atoms with Gasteiger partial charge in [-0.3, -0.25) is 0 Å². The summed E-state index contributed by atoms with van der Waals surface area (Å²) in [6.45, 7) is 12.7. The van der Waals surface area contributed by atoms with Crippen LogP contribution in [0, 0.1) is 0 Å². The van der Waals surface area contributed by atoms with Crippen LogP contribution in [-0.2, 0) is 6.42 Å². The first-order valence-corrected chi connectivity index (χ1v) is 7.00. The average molecular weight is 250 g/mol. The van der Waals surface area contributed by atoms with Crippen molar-refractivity contribution in [2.24, 2.45) is 0 Å². The summed E-state index contributed by atoms with van der Waals surface area (Å²) in [4.78, 5) is 11.5. The molecule has 102 valence electrons. The summed E-state index contributed by atoms with van der Waals surface area (Å²) in [6.07, 6.45) is 1.99. The molecule has 1 rings (SSSR count). The van der Waals surface area contributed by atoms with Gasteiger partial charge in [-0.15, -0.1) is 0 Å². The Morgan fingerprint density at radius 1 is 1.22 bits per heavy atom. The Bertz CT molecular complexity index is 363. The summed E-state index contributed by atoms with van der Waals surface area (Å²) >= 11 is 0. The van der Waals surface area contributed by atoms with Gasteiger partial charge in [0, 0.05) is 31.6 Å². The highest BCUT2D eigenvalue weighted by atomic mass is 15.2. The van der Waals surface area contributed by atoms with Crippen LogP contribution in [0.5, 0.6) is 0 Å². The largest absolute Gasteiger partial charge is 0.370 e. The first-order chi connectivity index (χ1) is 8.62. The highest BCUT2D eigenvalue weighted by molar-refractivity contribution is 5.50. The molecule has 18 heavy (non-hydrogen) atoms. The van der Waals surface area contributed by atoms with Gasteiger partial charge in [0.25, 0.3) is 0 Å². The van der Waals surface area contributed by atoms with Crippen LogP contribution in [0.3, 0.4) is 0 Å². The summed E-state index contributed by atoms with van der Waals surface area (Å²) in [5.41, 5.74) is 0. The van der Waals surface area contributed by atoms with Gasteiger partial charge in [0.2, 0.25) is 0 Å². The summed E-state index contributed by atoms with van der Waals surface area (Å²) < 4.78 is 0. The second kappa shape index (κ2) is 7.19. The summed E-state index contributed by atoms with van der Waals surface area (Å²) in [5, 5.41) is 3.28. The molecular weight excluding hydrogens is 224 g/mol. The maximum absolute atomic E-state index is 4.65. The lowest BCUT2D eigenvalue weighted by molar-refractivity contribution is 0.658. The van der Waals surface area contributed by atoms with Gasteiger partial charge in [0.1, 0.15) is 17.5 Å². The van der Waals surface area contributed by atoms with Crippen molar-refractivity contribution in [2.75, 3.05) is 23.3 Å². The molecule has 4 heteroatoms. The third-order valence-corrected chi connectivity index (χ3v) is 2.82. The number of hydrogen-bond donors (Lipinski definition) is 1. The van der Waals surface area contributed by atoms with E-state index in [-0.39, 0.29) is 0 Å². The van der Waals surface area contributed by atoms with Crippen molar-refractivity contribution in [3.05, 3.63) is 11.9 Å². The van der Waals surface area contributed by atoms with E-state index < -0.39 is 0 Å². The van der Waals surface area contributed by atoms with E-state index in [0.29, 0.717) is 6.04 Å². The standard InChI is InChI=1S/C14H26N4/c1-6-9-18(11(4)5)14-10-13(15-8-3)16-12(7-2)17-14/h10-11H,6-9H2,1-5H3,(H,15,16,17). The number of nitrogens with zero attached hydrogens (tertiary/aromatic N) is 3. The molecule has 0 aromatic carbocycles. The van der Waals surface area contributed by atoms with Crippen LogP contribution in [0.1, 0.15) is 46.9 Å². The van der Waals surface area contributed by atoms with Crippen molar-refractivity contribution in [3.8, 4) is 0 Å². The Morgan fingerprint density at radius 3 is 2.44 bits per heavy atom. The molecule has 0 saturated heterocycles. The van der Waals surface area contributed by atoms with Gasteiger partial charge >= 0.3 is 0 Å². The molecule has 0 atom stereocenters. The molecule has 0 aliphatic rings. The monoisotopic (exact) mass is 250 g/mol. The van der Waals surface area contributed by atoms with E-state index in [1.807, 2.05) is 0 Å². The summed E-state index contributed by atoms with van der Waals surface area (Å²) in [5.74, 6) is 2.88. The fourth-order valence-corrected chi connectivity index (χ4v) is 1.94. The van der Waals surface area contributed by atoms with Crippen LogP contribution < -0.4 is 10.2 Å². The lowest BCUT2D eigenvalue weighted by Gasteiger charge is -2.28. The molecule has 0 fully saturated rings. The maximum Gasteiger partial charge on any atom is 0.134 e. The Balaban J connectivity index is 3.07. The second-order valence-corrected chi connectivity index (χ2v) is 4.70. The molecule has 0 aliphatic carbocycles. The van der Waals surface area contributed by atoms with Crippen LogP contribution in [-0.4, -0.2) is 29.1 Å². The van der Waals surface area contributed by atoms with E-state index in [4.69, 9.17) is 0 Å². The molecule has 0 amide bonds. The zero-order valence-corrected chi connectivity index (χ0v) is 12.3. The Morgan fingerprint density at radius 2 is 1.94 bits per heavy atom. The van der Waals surface area contributed by atoms with E-state index in [2.05, 4.69) is 60.9 Å². The predicted molar refractivity (Wildman–Crippen MR) is 78.3 cm³/mol. The normalized spacial score (nSPS) is 10.8. The van der Waals surface area contributed by atoms with E-state index in [9.17, 15) is 0 Å². The first-order valence-electron chi connectivity index (χ1n) is 7.00. The molecule has 4 nitrogen and oxygen atoms in total. The number of aryl methyl sites for hydroxylation is 1. The maximum atomic E-state index is 4.65. The first kappa shape index (κ1) is 14.7. The van der Waals surface area contributed by atoms with E-state index in [0.717, 1.165) is 43.4 Å². The van der Waals surface area contributed by atoms with Gasteiger partial charge in [-0.25, -0.2) is 9.97 Å². The SMILES string of the molecule is CCCN(c1cc(NCC)nc(CC)n1)C(C)C. The topological polar surface area (TPSA) is 41.0 Å². The minimum absolute atomic E-state index is 0.457. The van der Waals surface area contributed by atoms with Crippen LogP contribution in [0.2, 0.25) is 0 Å². The Labute approximate surface area is 111 Å². The van der Waals surface area contributed by atoms with Crippen molar-refractivity contribution >= 4 is 11.6 Å². The fourth-order valence-electron chi connectivity index (χ4n) is 1.94. The quantitative estimate of drug-likeness (QED) is 0.807. The molecule has 1 heterocycles. The second-order valence-electron chi connectivity index (χ2n) is 4.70. The van der Waals surface area contributed by atoms with Crippen LogP contribution in [0.25, 0.3) is 0 Å². The molecule has 1 aromatic rings. The molecule has 0 spiro atoms. The molecule has 0 saturated carbocycles. The lowest BCUT2D eigenvalue weighted by Crippen LogP contribution is -2.32. The van der Waals surface area contributed by atoms with Crippen molar-refractivity contribution < 1.29 is 0 Å². The van der Waals surface area contributed by atoms with Crippen molar-refractivity contribution in [1.82, 2.24) is 9.97 Å². The minimum Gasteiger partial charge on any atom is -0.370 e. The number of anilines is 2. The van der Waals surface area contributed by atoms with Crippen molar-refractivity contribution in [3.63, 3.8) is 0 Å². The third kappa shape index (κ3) is 3.86. The average Bonchev–Trinajstić information content (AvgIpc) is 2.35. The molecule has 0 unspecified atom stereocenters. The smallest absolute Gasteiger partial charge is 0.134 e. The summed E-state index contributed by atoms with van der Waals surface area (Å²) in [7, 11) is 0. The summed E-state index contributed by atoms with van der Waals surface area (Å²) in [6, 6.07) is 2.51. The van der Waals surface area contributed by atoms with Gasteiger partial charge in [-0.2, -0.15) is 0 Å². The van der Waals surface area contributed by atoms with Gasteiger partial charge < -0.3 is 10.2 Å². The highest BCUT2D eigenvalue weighted by Gasteiger charge is 2.13. The molecule has 1 N–H and O–H groups in total. The fraction of sp³-hybridized carbons (Fsp3) is 0.714. The highest BCUT2D eigenvalue weighted by Crippen LogP contribution is 2.19. The van der Waals surface area contributed by atoms with E-state index >= 15 is 0 Å². The Hall–Kier alpha value is -1.32. The number of aromatic nitrogens is 2. The van der Waals surface area contributed by atoms with Crippen LogP contribution in [0.15, 0.2) is 6.07 Å². The molecule has 1 aromatic heterocycles. The van der Waals surface area contributed by atoms with E-state index in [1.165, 1.54) is 0 Å².